The van der Waals surface area contributed by atoms with Crippen molar-refractivity contribution in [2.75, 3.05) is 0 Å². The van der Waals surface area contributed by atoms with Gasteiger partial charge in [-0.05, 0) is 12.1 Å². The Hall–Kier alpha value is -2.13. The van der Waals surface area contributed by atoms with Gasteiger partial charge in [0.25, 0.3) is 0 Å². The van der Waals surface area contributed by atoms with Crippen molar-refractivity contribution < 1.29 is 14.6 Å². The Morgan fingerprint density at radius 1 is 0.941 bits per heavy atom. The second-order valence-electron chi connectivity index (χ2n) is 3.53. The van der Waals surface area contributed by atoms with Crippen LogP contribution in [0.5, 0.6) is 0 Å². The molecule has 1 atom stereocenters. The third-order valence-electron chi connectivity index (χ3n) is 2.31. The van der Waals surface area contributed by atoms with Crippen LogP contribution in [0.1, 0.15) is 22.2 Å². The summed E-state index contributed by atoms with van der Waals surface area (Å²) in [4.78, 5) is 11.6. The maximum atomic E-state index is 11.6. The van der Waals surface area contributed by atoms with Crippen molar-refractivity contribution in [2.24, 2.45) is 0 Å². The molecular formula is C14H12O3. The Morgan fingerprint density at radius 2 is 1.47 bits per heavy atom. The van der Waals surface area contributed by atoms with Gasteiger partial charge in [-0.25, -0.2) is 4.79 Å². The van der Waals surface area contributed by atoms with E-state index >= 15 is 0 Å². The van der Waals surface area contributed by atoms with Crippen LogP contribution in [-0.4, -0.2) is 11.1 Å². The normalized spacial score (nSPS) is 11.8. The van der Waals surface area contributed by atoms with Crippen molar-refractivity contribution in [3.05, 3.63) is 71.8 Å². The molecule has 17 heavy (non-hydrogen) atoms. The average molecular weight is 228 g/mol. The summed E-state index contributed by atoms with van der Waals surface area (Å²) in [5.41, 5.74) is 0.972. The van der Waals surface area contributed by atoms with E-state index in [1.807, 2.05) is 12.1 Å². The Labute approximate surface area is 99.3 Å². The molecule has 0 aliphatic carbocycles. The summed E-state index contributed by atoms with van der Waals surface area (Å²) in [6, 6.07) is 17.3. The Bertz CT molecular complexity index is 479. The number of aliphatic hydroxyl groups is 1. The van der Waals surface area contributed by atoms with E-state index < -0.39 is 12.3 Å². The number of rotatable bonds is 3. The van der Waals surface area contributed by atoms with Crippen LogP contribution in [0.2, 0.25) is 0 Å². The number of benzene rings is 2. The number of ether oxygens (including phenoxy) is 1. The minimum Gasteiger partial charge on any atom is -0.428 e. The predicted octanol–water partition coefficient (Wildman–Crippen LogP) is 2.53. The van der Waals surface area contributed by atoms with E-state index in [9.17, 15) is 9.90 Å². The van der Waals surface area contributed by atoms with Gasteiger partial charge in [-0.3, -0.25) is 0 Å². The maximum Gasteiger partial charge on any atom is 0.340 e. The molecule has 3 nitrogen and oxygen atoms in total. The van der Waals surface area contributed by atoms with E-state index in [4.69, 9.17) is 4.74 Å². The summed E-state index contributed by atoms with van der Waals surface area (Å²) in [6.07, 6.45) is -1.23. The lowest BCUT2D eigenvalue weighted by molar-refractivity contribution is -0.0671. The fraction of sp³-hybridized carbons (Fsp3) is 0.0714. The van der Waals surface area contributed by atoms with Gasteiger partial charge in [0, 0.05) is 5.56 Å². The topological polar surface area (TPSA) is 46.5 Å². The monoisotopic (exact) mass is 228 g/mol. The number of carbonyl (C=O) groups is 1. The number of hydrogen-bond acceptors (Lipinski definition) is 3. The van der Waals surface area contributed by atoms with E-state index in [0.29, 0.717) is 11.1 Å². The van der Waals surface area contributed by atoms with Crippen LogP contribution in [0.25, 0.3) is 0 Å². The molecule has 0 aliphatic heterocycles. The van der Waals surface area contributed by atoms with Crippen LogP contribution in [0.3, 0.4) is 0 Å². The van der Waals surface area contributed by atoms with Crippen LogP contribution < -0.4 is 0 Å². The first-order valence-electron chi connectivity index (χ1n) is 5.26. The smallest absolute Gasteiger partial charge is 0.340 e. The highest BCUT2D eigenvalue weighted by Gasteiger charge is 2.14. The summed E-state index contributed by atoms with van der Waals surface area (Å²) in [5, 5.41) is 9.71. The number of aliphatic hydroxyl groups excluding tert-OH is 1. The number of carbonyl (C=O) groups excluding carboxylic acids is 1. The summed E-state index contributed by atoms with van der Waals surface area (Å²) in [7, 11) is 0. The van der Waals surface area contributed by atoms with Crippen molar-refractivity contribution in [3.63, 3.8) is 0 Å². The van der Waals surface area contributed by atoms with Crippen molar-refractivity contribution in [1.29, 1.82) is 0 Å². The van der Waals surface area contributed by atoms with Crippen molar-refractivity contribution in [3.8, 4) is 0 Å². The molecule has 0 bridgehead atoms. The van der Waals surface area contributed by atoms with Crippen molar-refractivity contribution in [2.45, 2.75) is 6.29 Å². The van der Waals surface area contributed by atoms with Crippen LogP contribution in [0, 0.1) is 0 Å². The van der Waals surface area contributed by atoms with Crippen LogP contribution >= 0.6 is 0 Å². The maximum absolute atomic E-state index is 11.6. The van der Waals surface area contributed by atoms with Gasteiger partial charge in [0.15, 0.2) is 0 Å². The first-order valence-corrected chi connectivity index (χ1v) is 5.26. The van der Waals surface area contributed by atoms with Gasteiger partial charge in [0.05, 0.1) is 5.56 Å². The molecule has 3 heteroatoms. The summed E-state index contributed by atoms with van der Waals surface area (Å²) < 4.78 is 4.94. The van der Waals surface area contributed by atoms with Gasteiger partial charge in [-0.2, -0.15) is 0 Å². The molecule has 0 heterocycles. The van der Waals surface area contributed by atoms with Crippen molar-refractivity contribution in [1.82, 2.24) is 0 Å². The molecule has 2 aromatic carbocycles. The minimum atomic E-state index is -1.23. The van der Waals surface area contributed by atoms with Gasteiger partial charge >= 0.3 is 5.97 Å². The van der Waals surface area contributed by atoms with E-state index in [2.05, 4.69) is 0 Å². The molecular weight excluding hydrogens is 216 g/mol. The molecule has 2 aromatic rings. The molecule has 2 rings (SSSR count). The van der Waals surface area contributed by atoms with Gasteiger partial charge in [-0.1, -0.05) is 48.5 Å². The fourth-order valence-electron chi connectivity index (χ4n) is 1.43. The Balaban J connectivity index is 2.05. The lowest BCUT2D eigenvalue weighted by Crippen LogP contribution is -2.10. The molecule has 86 valence electrons. The zero-order valence-electron chi connectivity index (χ0n) is 9.11. The van der Waals surface area contributed by atoms with Gasteiger partial charge in [0.2, 0.25) is 6.29 Å². The quantitative estimate of drug-likeness (QED) is 0.648. The number of esters is 1. The highest BCUT2D eigenvalue weighted by molar-refractivity contribution is 5.89. The number of hydrogen-bond donors (Lipinski definition) is 1. The summed E-state index contributed by atoms with van der Waals surface area (Å²) in [5.74, 6) is -0.540. The highest BCUT2D eigenvalue weighted by Crippen LogP contribution is 2.15. The van der Waals surface area contributed by atoms with E-state index in [1.54, 1.807) is 48.5 Å². The minimum absolute atomic E-state index is 0.419. The standard InChI is InChI=1S/C14H12O3/c15-13(11-7-3-1-4-8-11)17-14(16)12-9-5-2-6-10-12/h1-10,13,15H. The lowest BCUT2D eigenvalue weighted by atomic mass is 10.2. The Morgan fingerprint density at radius 3 is 2.06 bits per heavy atom. The molecule has 0 radical (unpaired) electrons. The zero-order chi connectivity index (χ0) is 12.1. The van der Waals surface area contributed by atoms with E-state index in [0.717, 1.165) is 0 Å². The molecule has 0 saturated carbocycles. The van der Waals surface area contributed by atoms with E-state index in [-0.39, 0.29) is 0 Å². The molecule has 0 spiro atoms. The van der Waals surface area contributed by atoms with Gasteiger partial charge < -0.3 is 9.84 Å². The SMILES string of the molecule is O=C(OC(O)c1ccccc1)c1ccccc1. The first kappa shape index (κ1) is 11.4. The van der Waals surface area contributed by atoms with Crippen LogP contribution in [-0.2, 0) is 4.74 Å². The summed E-state index contributed by atoms with van der Waals surface area (Å²) in [6.45, 7) is 0. The molecule has 1 N–H and O–H groups in total. The lowest BCUT2D eigenvalue weighted by Gasteiger charge is -2.11. The van der Waals surface area contributed by atoms with E-state index in [1.165, 1.54) is 0 Å². The first-order chi connectivity index (χ1) is 8.27. The van der Waals surface area contributed by atoms with Crippen LogP contribution in [0.15, 0.2) is 60.7 Å². The van der Waals surface area contributed by atoms with Gasteiger partial charge in [0.1, 0.15) is 0 Å². The molecule has 1 unspecified atom stereocenters. The highest BCUT2D eigenvalue weighted by atomic mass is 16.6. The molecule has 0 aromatic heterocycles. The average Bonchev–Trinajstić information content (AvgIpc) is 2.40. The largest absolute Gasteiger partial charge is 0.428 e. The van der Waals surface area contributed by atoms with Gasteiger partial charge in [-0.15, -0.1) is 0 Å². The second kappa shape index (κ2) is 5.27. The predicted molar refractivity (Wildman–Crippen MR) is 63.3 cm³/mol. The van der Waals surface area contributed by atoms with Crippen molar-refractivity contribution >= 4 is 5.97 Å². The summed E-state index contributed by atoms with van der Waals surface area (Å²) >= 11 is 0. The molecule has 0 amide bonds. The molecule has 0 fully saturated rings. The third-order valence-corrected chi connectivity index (χ3v) is 2.31. The fourth-order valence-corrected chi connectivity index (χ4v) is 1.43. The zero-order valence-corrected chi connectivity index (χ0v) is 9.11. The molecule has 0 aliphatic rings. The second-order valence-corrected chi connectivity index (χ2v) is 3.53. The van der Waals surface area contributed by atoms with Crippen LogP contribution in [0.4, 0.5) is 0 Å². The third kappa shape index (κ3) is 2.92. The Kier molecular flexibility index (Phi) is 3.52. The molecule has 0 saturated heterocycles.